The van der Waals surface area contributed by atoms with Crippen LogP contribution in [0.25, 0.3) is 0 Å². The Labute approximate surface area is 218 Å². The second-order valence-electron chi connectivity index (χ2n) is 12.4. The van der Waals surface area contributed by atoms with E-state index < -0.39 is 6.10 Å². The molecule has 1 heterocycles. The number of nitrogens with one attached hydrogen (secondary N) is 3. The molecule has 4 rings (SSSR count). The van der Waals surface area contributed by atoms with E-state index in [-0.39, 0.29) is 30.8 Å². The number of ether oxygens (including phenoxy) is 2. The van der Waals surface area contributed by atoms with Crippen LogP contribution in [0.5, 0.6) is 0 Å². The summed E-state index contributed by atoms with van der Waals surface area (Å²) in [6, 6.07) is 0. The maximum Gasteiger partial charge on any atom is 0.333 e. The molecule has 3 saturated carbocycles. The molecule has 0 radical (unpaired) electrons. The van der Waals surface area contributed by atoms with Gasteiger partial charge in [-0.1, -0.05) is 46.1 Å². The van der Waals surface area contributed by atoms with Crippen LogP contribution >= 0.6 is 0 Å². The smallest absolute Gasteiger partial charge is 0.333 e. The molecule has 36 heavy (non-hydrogen) atoms. The number of hydrogen-bond acceptors (Lipinski definition) is 7. The summed E-state index contributed by atoms with van der Waals surface area (Å²) in [5, 5.41) is 23.0. The van der Waals surface area contributed by atoms with Crippen molar-refractivity contribution in [2.24, 2.45) is 29.6 Å². The lowest BCUT2D eigenvalue weighted by Gasteiger charge is -2.50. The summed E-state index contributed by atoms with van der Waals surface area (Å²) >= 11 is 0. The Hall–Kier alpha value is -0.990. The van der Waals surface area contributed by atoms with Crippen LogP contribution < -0.4 is 16.0 Å². The minimum atomic E-state index is -0.413. The molecule has 206 valence electrons. The first-order valence-electron chi connectivity index (χ1n) is 14.7. The van der Waals surface area contributed by atoms with Crippen LogP contribution in [0.2, 0.25) is 0 Å². The van der Waals surface area contributed by atoms with Gasteiger partial charge in [0.15, 0.2) is 0 Å². The van der Waals surface area contributed by atoms with Gasteiger partial charge >= 0.3 is 5.97 Å². The minimum Gasteiger partial charge on any atom is -0.460 e. The van der Waals surface area contributed by atoms with E-state index in [2.05, 4.69) is 36.4 Å². The molecule has 7 heteroatoms. The van der Waals surface area contributed by atoms with Crippen LogP contribution in [0.4, 0.5) is 0 Å². The normalized spacial score (nSPS) is 42.0. The molecular weight excluding hydrogens is 454 g/mol. The summed E-state index contributed by atoms with van der Waals surface area (Å²) in [6.45, 7) is 10.6. The van der Waals surface area contributed by atoms with Crippen LogP contribution in [0.1, 0.15) is 91.4 Å². The van der Waals surface area contributed by atoms with Crippen LogP contribution in [-0.2, 0) is 14.3 Å². The van der Waals surface area contributed by atoms with Gasteiger partial charge < -0.3 is 14.6 Å². The number of rotatable bonds is 8. The van der Waals surface area contributed by atoms with Gasteiger partial charge in [-0.3, -0.25) is 16.0 Å². The van der Waals surface area contributed by atoms with Gasteiger partial charge in [0.1, 0.15) is 6.61 Å². The second-order valence-corrected chi connectivity index (χ2v) is 12.4. The van der Waals surface area contributed by atoms with Crippen molar-refractivity contribution in [1.82, 2.24) is 16.0 Å². The second kappa shape index (κ2) is 13.2. The predicted octanol–water partition coefficient (Wildman–Crippen LogP) is 4.07. The molecule has 4 fully saturated rings. The van der Waals surface area contributed by atoms with Crippen molar-refractivity contribution in [3.8, 4) is 0 Å². The van der Waals surface area contributed by atoms with E-state index >= 15 is 0 Å². The highest BCUT2D eigenvalue weighted by Gasteiger charge is 2.42. The largest absolute Gasteiger partial charge is 0.460 e. The molecule has 0 spiro atoms. The maximum atomic E-state index is 11.5. The fourth-order valence-corrected chi connectivity index (χ4v) is 6.90. The quantitative estimate of drug-likeness (QED) is 0.225. The molecule has 5 unspecified atom stereocenters. The minimum absolute atomic E-state index is 0.00718. The SMILES string of the molecule is C=C(C)C(=O)OCCOC1CCC(C2NC(C3CCC(C)CC3)NC(C3CCC(C)CC3)N2)C(O)C1. The standard InChI is InChI=1S/C29H51N3O4/c1-18(2)29(34)36-16-15-35-23-13-14-24(25(33)17-23)28-31-26(21-9-5-19(3)6-10-21)30-27(32-28)22-11-7-20(4)8-12-22/h19-28,30-33H,1,5-17H2,2-4H3. The van der Waals surface area contributed by atoms with Crippen molar-refractivity contribution in [3.63, 3.8) is 0 Å². The van der Waals surface area contributed by atoms with Crippen molar-refractivity contribution in [3.05, 3.63) is 12.2 Å². The third-order valence-corrected chi connectivity index (χ3v) is 9.41. The highest BCUT2D eigenvalue weighted by molar-refractivity contribution is 5.86. The topological polar surface area (TPSA) is 91.9 Å². The van der Waals surface area contributed by atoms with E-state index in [4.69, 9.17) is 9.47 Å². The molecule has 3 aliphatic carbocycles. The summed E-state index contributed by atoms with van der Waals surface area (Å²) in [6.07, 6.45) is 13.2. The number of aliphatic hydroxyl groups is 1. The van der Waals surface area contributed by atoms with Crippen molar-refractivity contribution < 1.29 is 19.4 Å². The molecule has 4 N–H and O–H groups in total. The Morgan fingerprint density at radius 2 is 1.33 bits per heavy atom. The van der Waals surface area contributed by atoms with Gasteiger partial charge in [-0.15, -0.1) is 0 Å². The first-order chi connectivity index (χ1) is 17.3. The third kappa shape index (κ3) is 7.53. The lowest BCUT2D eigenvalue weighted by Crippen LogP contribution is -2.73. The summed E-state index contributed by atoms with van der Waals surface area (Å²) < 4.78 is 11.1. The summed E-state index contributed by atoms with van der Waals surface area (Å²) in [5.41, 5.74) is 0.398. The lowest BCUT2D eigenvalue weighted by molar-refractivity contribution is -0.142. The Morgan fingerprint density at radius 1 is 0.806 bits per heavy atom. The zero-order chi connectivity index (χ0) is 25.7. The number of esters is 1. The van der Waals surface area contributed by atoms with Gasteiger partial charge in [-0.25, -0.2) is 4.79 Å². The van der Waals surface area contributed by atoms with E-state index in [1.165, 1.54) is 51.4 Å². The van der Waals surface area contributed by atoms with E-state index in [1.807, 2.05) is 0 Å². The van der Waals surface area contributed by atoms with Crippen molar-refractivity contribution in [1.29, 1.82) is 0 Å². The average Bonchev–Trinajstić information content (AvgIpc) is 2.87. The fourth-order valence-electron chi connectivity index (χ4n) is 6.90. The van der Waals surface area contributed by atoms with Crippen LogP contribution in [0, 0.1) is 29.6 Å². The summed E-state index contributed by atoms with van der Waals surface area (Å²) in [5.74, 6) is 2.80. The first-order valence-corrected chi connectivity index (χ1v) is 14.7. The number of hydrogen-bond donors (Lipinski definition) is 4. The van der Waals surface area contributed by atoms with Crippen molar-refractivity contribution in [2.45, 2.75) is 122 Å². The van der Waals surface area contributed by atoms with Gasteiger partial charge in [-0.05, 0) is 75.5 Å². The van der Waals surface area contributed by atoms with Gasteiger partial charge in [-0.2, -0.15) is 0 Å². The molecule has 0 aromatic carbocycles. The fraction of sp³-hybridized carbons (Fsp3) is 0.897. The van der Waals surface area contributed by atoms with Gasteiger partial charge in [0.05, 0.1) is 37.3 Å². The summed E-state index contributed by atoms with van der Waals surface area (Å²) in [7, 11) is 0. The number of carbonyl (C=O) groups excluding carboxylic acids is 1. The molecule has 5 atom stereocenters. The predicted molar refractivity (Wildman–Crippen MR) is 142 cm³/mol. The molecular formula is C29H51N3O4. The Kier molecular flexibility index (Phi) is 10.3. The van der Waals surface area contributed by atoms with Crippen molar-refractivity contribution >= 4 is 5.97 Å². The molecule has 7 nitrogen and oxygen atoms in total. The molecule has 0 aromatic rings. The van der Waals surface area contributed by atoms with E-state index in [0.29, 0.717) is 42.8 Å². The van der Waals surface area contributed by atoms with Crippen LogP contribution in [0.3, 0.4) is 0 Å². The molecule has 1 aliphatic heterocycles. The molecule has 0 amide bonds. The molecule has 4 aliphatic rings. The first kappa shape index (κ1) is 28.0. The molecule has 1 saturated heterocycles. The van der Waals surface area contributed by atoms with Crippen LogP contribution in [-0.4, -0.2) is 55.0 Å². The zero-order valence-corrected chi connectivity index (χ0v) is 22.8. The monoisotopic (exact) mass is 505 g/mol. The van der Waals surface area contributed by atoms with E-state index in [1.54, 1.807) is 6.92 Å². The molecule has 0 bridgehead atoms. The van der Waals surface area contributed by atoms with Gasteiger partial charge in [0.25, 0.3) is 0 Å². The van der Waals surface area contributed by atoms with Gasteiger partial charge in [0, 0.05) is 11.5 Å². The Morgan fingerprint density at radius 3 is 1.83 bits per heavy atom. The molecule has 0 aromatic heterocycles. The summed E-state index contributed by atoms with van der Waals surface area (Å²) in [4.78, 5) is 11.5. The highest BCUT2D eigenvalue weighted by atomic mass is 16.6. The lowest BCUT2D eigenvalue weighted by atomic mass is 9.77. The number of aliphatic hydroxyl groups excluding tert-OH is 1. The number of carbonyl (C=O) groups is 1. The maximum absolute atomic E-state index is 11.5. The van der Waals surface area contributed by atoms with Crippen LogP contribution in [0.15, 0.2) is 12.2 Å². The van der Waals surface area contributed by atoms with Gasteiger partial charge in [0.2, 0.25) is 0 Å². The Bertz CT molecular complexity index is 687. The van der Waals surface area contributed by atoms with E-state index in [9.17, 15) is 9.90 Å². The highest BCUT2D eigenvalue weighted by Crippen LogP contribution is 2.36. The van der Waals surface area contributed by atoms with E-state index in [0.717, 1.165) is 24.7 Å². The Balaban J connectivity index is 1.32. The van der Waals surface area contributed by atoms with Crippen molar-refractivity contribution in [2.75, 3.05) is 13.2 Å². The third-order valence-electron chi connectivity index (χ3n) is 9.41. The average molecular weight is 506 g/mol. The zero-order valence-electron chi connectivity index (χ0n) is 22.8.